The van der Waals surface area contributed by atoms with Crippen molar-refractivity contribution in [2.45, 2.75) is 38.3 Å². The van der Waals surface area contributed by atoms with E-state index in [1.54, 1.807) is 24.3 Å². The first-order valence-corrected chi connectivity index (χ1v) is 10.5. The molecule has 0 saturated carbocycles. The Morgan fingerprint density at radius 3 is 2.42 bits per heavy atom. The van der Waals surface area contributed by atoms with E-state index in [2.05, 4.69) is 21.3 Å². The van der Waals surface area contributed by atoms with Crippen molar-refractivity contribution in [2.75, 3.05) is 18.0 Å². The average molecular weight is 424 g/mol. The minimum Gasteiger partial charge on any atom is -0.480 e. The highest BCUT2D eigenvalue weighted by Crippen LogP contribution is 2.24. The molecular weight excluding hydrogens is 394 g/mol. The van der Waals surface area contributed by atoms with Crippen molar-refractivity contribution in [3.05, 3.63) is 65.2 Å². The third-order valence-electron chi connectivity index (χ3n) is 5.34. The third kappa shape index (κ3) is 6.29. The number of piperidine rings is 1. The molecule has 1 aliphatic rings. The number of carboxylic acid groups (broad SMARTS) is 1. The summed E-state index contributed by atoms with van der Waals surface area (Å²) in [6.45, 7) is 2.57. The van der Waals surface area contributed by atoms with Crippen LogP contribution in [-0.2, 0) is 17.8 Å². The van der Waals surface area contributed by atoms with E-state index in [0.717, 1.165) is 24.2 Å². The van der Waals surface area contributed by atoms with Crippen LogP contribution in [0.3, 0.4) is 0 Å². The molecule has 0 spiro atoms. The number of guanidine groups is 1. The van der Waals surface area contributed by atoms with Crippen LogP contribution < -0.4 is 21.7 Å². The molecule has 0 radical (unpaired) electrons. The van der Waals surface area contributed by atoms with E-state index in [0.29, 0.717) is 12.1 Å². The number of hydrogen-bond donors (Lipinski definition) is 4. The molecule has 2 aromatic rings. The summed E-state index contributed by atoms with van der Waals surface area (Å²) in [6.07, 6.45) is 3.85. The van der Waals surface area contributed by atoms with Gasteiger partial charge in [0.15, 0.2) is 5.96 Å². The minimum atomic E-state index is -1.06. The summed E-state index contributed by atoms with van der Waals surface area (Å²) in [5.74, 6) is -1.48. The lowest BCUT2D eigenvalue weighted by Gasteiger charge is -2.30. The number of aliphatic imine (C=N–C) groups is 1. The molecule has 1 amide bonds. The van der Waals surface area contributed by atoms with Gasteiger partial charge >= 0.3 is 5.97 Å². The maximum Gasteiger partial charge on any atom is 0.320 e. The van der Waals surface area contributed by atoms with Crippen molar-refractivity contribution in [3.8, 4) is 0 Å². The zero-order valence-electron chi connectivity index (χ0n) is 17.5. The van der Waals surface area contributed by atoms with Crippen LogP contribution in [0.2, 0.25) is 0 Å². The highest BCUT2D eigenvalue weighted by molar-refractivity contribution is 6.02. The number of nitrogens with zero attached hydrogens (tertiary/aromatic N) is 2. The van der Waals surface area contributed by atoms with Crippen molar-refractivity contribution in [1.82, 2.24) is 5.32 Å². The summed E-state index contributed by atoms with van der Waals surface area (Å²) in [4.78, 5) is 29.6. The highest BCUT2D eigenvalue weighted by atomic mass is 16.4. The van der Waals surface area contributed by atoms with Crippen molar-refractivity contribution >= 4 is 23.5 Å². The summed E-state index contributed by atoms with van der Waals surface area (Å²) < 4.78 is 0. The Labute approximate surface area is 181 Å². The van der Waals surface area contributed by atoms with Gasteiger partial charge in [-0.05, 0) is 55.0 Å². The van der Waals surface area contributed by atoms with Gasteiger partial charge in [0.2, 0.25) is 0 Å². The van der Waals surface area contributed by atoms with Gasteiger partial charge in [-0.2, -0.15) is 4.99 Å². The summed E-state index contributed by atoms with van der Waals surface area (Å²) in [6, 6.07) is 13.7. The largest absolute Gasteiger partial charge is 0.480 e. The van der Waals surface area contributed by atoms with Crippen molar-refractivity contribution in [2.24, 2.45) is 16.5 Å². The number of hydrogen-bond acceptors (Lipinski definition) is 4. The number of amides is 1. The van der Waals surface area contributed by atoms with Crippen LogP contribution in [0.4, 0.5) is 5.69 Å². The van der Waals surface area contributed by atoms with E-state index in [4.69, 9.17) is 16.6 Å². The van der Waals surface area contributed by atoms with Crippen LogP contribution in [0.15, 0.2) is 53.5 Å². The lowest BCUT2D eigenvalue weighted by Crippen LogP contribution is -2.34. The number of anilines is 1. The fourth-order valence-corrected chi connectivity index (χ4v) is 3.63. The fraction of sp³-hybridized carbons (Fsp3) is 0.348. The number of rotatable bonds is 7. The van der Waals surface area contributed by atoms with Gasteiger partial charge in [-0.3, -0.25) is 9.59 Å². The summed E-state index contributed by atoms with van der Waals surface area (Å²) in [5, 5.41) is 11.9. The maximum atomic E-state index is 12.4. The molecule has 3 rings (SSSR count). The maximum absolute atomic E-state index is 12.4. The van der Waals surface area contributed by atoms with Gasteiger partial charge in [-0.1, -0.05) is 30.3 Å². The van der Waals surface area contributed by atoms with E-state index < -0.39 is 17.9 Å². The van der Waals surface area contributed by atoms with Gasteiger partial charge < -0.3 is 26.8 Å². The molecule has 0 aromatic heterocycles. The average Bonchev–Trinajstić information content (AvgIpc) is 2.79. The number of carboxylic acids is 1. The van der Waals surface area contributed by atoms with Gasteiger partial charge in [0.05, 0.1) is 0 Å². The Morgan fingerprint density at radius 1 is 1.06 bits per heavy atom. The molecule has 8 heteroatoms. The van der Waals surface area contributed by atoms with E-state index in [1.807, 2.05) is 18.2 Å². The van der Waals surface area contributed by atoms with Crippen molar-refractivity contribution < 1.29 is 14.7 Å². The predicted molar refractivity (Wildman–Crippen MR) is 121 cm³/mol. The van der Waals surface area contributed by atoms with Crippen LogP contribution in [0.25, 0.3) is 0 Å². The SMILES string of the molecule is NC(=NC(=O)c1ccc(CC(N)C(=O)O)cc1)NCc1ccccc1N1CCCCC1. The monoisotopic (exact) mass is 423 g/mol. The Kier molecular flexibility index (Phi) is 7.61. The second-order valence-corrected chi connectivity index (χ2v) is 7.68. The van der Waals surface area contributed by atoms with Gasteiger partial charge in [0, 0.05) is 30.9 Å². The first-order valence-electron chi connectivity index (χ1n) is 10.5. The standard InChI is InChI=1S/C23H29N5O3/c24-19(22(30)31)14-16-8-10-17(11-9-16)21(29)27-23(25)26-15-18-6-2-3-7-20(18)28-12-4-1-5-13-28/h2-3,6-11,19H,1,4-5,12-15,24H2,(H,30,31)(H3,25,26,27,29). The minimum absolute atomic E-state index is 0.0513. The molecule has 1 heterocycles. The molecule has 2 aromatic carbocycles. The van der Waals surface area contributed by atoms with E-state index >= 15 is 0 Å². The molecule has 1 fully saturated rings. The van der Waals surface area contributed by atoms with Crippen LogP contribution >= 0.6 is 0 Å². The smallest absolute Gasteiger partial charge is 0.320 e. The first-order chi connectivity index (χ1) is 14.9. The molecular formula is C23H29N5O3. The Balaban J connectivity index is 1.59. The molecule has 1 unspecified atom stereocenters. The highest BCUT2D eigenvalue weighted by Gasteiger charge is 2.15. The molecule has 164 valence electrons. The van der Waals surface area contributed by atoms with E-state index in [-0.39, 0.29) is 12.4 Å². The number of para-hydroxylation sites is 1. The zero-order valence-corrected chi connectivity index (χ0v) is 17.5. The molecule has 6 N–H and O–H groups in total. The van der Waals surface area contributed by atoms with Crippen LogP contribution in [0.5, 0.6) is 0 Å². The lowest BCUT2D eigenvalue weighted by atomic mass is 10.0. The van der Waals surface area contributed by atoms with E-state index in [1.165, 1.54) is 24.9 Å². The van der Waals surface area contributed by atoms with Gasteiger partial charge in [0.1, 0.15) is 6.04 Å². The molecule has 1 atom stereocenters. The summed E-state index contributed by atoms with van der Waals surface area (Å²) in [5.41, 5.74) is 14.9. The molecule has 1 aliphatic heterocycles. The Bertz CT molecular complexity index is 936. The van der Waals surface area contributed by atoms with Gasteiger partial charge in [-0.15, -0.1) is 0 Å². The zero-order chi connectivity index (χ0) is 22.2. The van der Waals surface area contributed by atoms with Gasteiger partial charge in [0.25, 0.3) is 5.91 Å². The van der Waals surface area contributed by atoms with Gasteiger partial charge in [-0.25, -0.2) is 0 Å². The summed E-state index contributed by atoms with van der Waals surface area (Å²) >= 11 is 0. The van der Waals surface area contributed by atoms with Crippen LogP contribution in [-0.4, -0.2) is 42.1 Å². The first kappa shape index (κ1) is 22.3. The van der Waals surface area contributed by atoms with Crippen LogP contribution in [0, 0.1) is 0 Å². The van der Waals surface area contributed by atoms with Crippen molar-refractivity contribution in [1.29, 1.82) is 0 Å². The Hall–Kier alpha value is -3.39. The summed E-state index contributed by atoms with van der Waals surface area (Å²) in [7, 11) is 0. The predicted octanol–water partition coefficient (Wildman–Crippen LogP) is 1.88. The molecule has 8 nitrogen and oxygen atoms in total. The van der Waals surface area contributed by atoms with E-state index in [9.17, 15) is 9.59 Å². The topological polar surface area (TPSA) is 134 Å². The fourth-order valence-electron chi connectivity index (χ4n) is 3.63. The number of carbonyl (C=O) groups excluding carboxylic acids is 1. The molecule has 0 aliphatic carbocycles. The number of nitrogens with two attached hydrogens (primary N) is 2. The molecule has 1 saturated heterocycles. The third-order valence-corrected chi connectivity index (χ3v) is 5.34. The lowest BCUT2D eigenvalue weighted by molar-refractivity contribution is -0.138. The number of aliphatic carboxylic acids is 1. The second kappa shape index (κ2) is 10.6. The van der Waals surface area contributed by atoms with Crippen LogP contribution in [0.1, 0.15) is 40.7 Å². The number of benzene rings is 2. The molecule has 0 bridgehead atoms. The quantitative estimate of drug-likeness (QED) is 0.394. The number of carbonyl (C=O) groups is 2. The second-order valence-electron chi connectivity index (χ2n) is 7.68. The Morgan fingerprint density at radius 2 is 1.74 bits per heavy atom. The van der Waals surface area contributed by atoms with Crippen molar-refractivity contribution in [3.63, 3.8) is 0 Å². The number of nitrogens with one attached hydrogen (secondary N) is 1. The molecule has 31 heavy (non-hydrogen) atoms. The normalized spacial score (nSPS) is 15.4.